The molecule has 9 heteroatoms. The Morgan fingerprint density at radius 1 is 1.00 bits per heavy atom. The molecule has 0 atom stereocenters. The summed E-state index contributed by atoms with van der Waals surface area (Å²) in [7, 11) is 0. The van der Waals surface area contributed by atoms with E-state index < -0.39 is 17.5 Å². The van der Waals surface area contributed by atoms with Crippen molar-refractivity contribution in [2.75, 3.05) is 0 Å². The first kappa shape index (κ1) is 13.4. The number of hydrogen-bond donors (Lipinski definition) is 0. The van der Waals surface area contributed by atoms with E-state index >= 15 is 0 Å². The van der Waals surface area contributed by atoms with Gasteiger partial charge in [-0.15, -0.1) is 10.2 Å². The van der Waals surface area contributed by atoms with Gasteiger partial charge in [0.25, 0.3) is 0 Å². The van der Waals surface area contributed by atoms with Crippen LogP contribution in [0.5, 0.6) is 0 Å². The number of aromatic nitrogens is 4. The van der Waals surface area contributed by atoms with Gasteiger partial charge in [0.05, 0.1) is 5.56 Å². The molecular weight excluding hydrogens is 333 g/mol. The van der Waals surface area contributed by atoms with E-state index in [1.807, 2.05) is 16.8 Å². The van der Waals surface area contributed by atoms with Gasteiger partial charge in [-0.3, -0.25) is 0 Å². The standard InChI is InChI=1S/C13H5F3N4S2/c14-8-2-1-7(9(15)10(8)16)12-19-20-11(6-3-4-21-5-6)17-18-13(20)22-12/h1-5H. The Hall–Kier alpha value is -2.26. The van der Waals surface area contributed by atoms with Gasteiger partial charge in [-0.05, 0) is 23.6 Å². The molecule has 0 aliphatic rings. The van der Waals surface area contributed by atoms with Gasteiger partial charge in [0.1, 0.15) is 0 Å². The molecule has 0 radical (unpaired) electrons. The second kappa shape index (κ2) is 4.89. The molecule has 3 aromatic heterocycles. The van der Waals surface area contributed by atoms with Gasteiger partial charge in [0.15, 0.2) is 28.3 Å². The second-order valence-corrected chi connectivity index (χ2v) is 6.10. The van der Waals surface area contributed by atoms with Crippen LogP contribution >= 0.6 is 22.7 Å². The molecule has 0 N–H and O–H groups in total. The maximum Gasteiger partial charge on any atom is 0.235 e. The highest BCUT2D eigenvalue weighted by molar-refractivity contribution is 7.19. The minimum absolute atomic E-state index is 0.106. The SMILES string of the molecule is Fc1ccc(-c2nn3c(-c4ccsc4)nnc3s2)c(F)c1F. The number of thiophene rings is 1. The third-order valence-corrected chi connectivity index (χ3v) is 4.65. The number of hydrogen-bond acceptors (Lipinski definition) is 5. The third-order valence-electron chi connectivity index (χ3n) is 3.04. The van der Waals surface area contributed by atoms with Crippen molar-refractivity contribution in [2.24, 2.45) is 0 Å². The topological polar surface area (TPSA) is 43.1 Å². The molecule has 4 rings (SSSR count). The van der Waals surface area contributed by atoms with Crippen molar-refractivity contribution >= 4 is 27.6 Å². The molecule has 0 aliphatic carbocycles. The molecule has 0 bridgehead atoms. The van der Waals surface area contributed by atoms with Gasteiger partial charge >= 0.3 is 0 Å². The molecule has 0 saturated carbocycles. The van der Waals surface area contributed by atoms with Crippen molar-refractivity contribution in [1.82, 2.24) is 19.8 Å². The van der Waals surface area contributed by atoms with E-state index in [-0.39, 0.29) is 10.6 Å². The molecule has 0 amide bonds. The van der Waals surface area contributed by atoms with Crippen LogP contribution in [-0.2, 0) is 0 Å². The van der Waals surface area contributed by atoms with Crippen LogP contribution in [0.2, 0.25) is 0 Å². The molecule has 110 valence electrons. The fourth-order valence-electron chi connectivity index (χ4n) is 1.99. The van der Waals surface area contributed by atoms with Crippen LogP contribution in [0.1, 0.15) is 0 Å². The first-order valence-corrected chi connectivity index (χ1v) is 7.80. The summed E-state index contributed by atoms with van der Waals surface area (Å²) >= 11 is 2.55. The fraction of sp³-hybridized carbons (Fsp3) is 0. The lowest BCUT2D eigenvalue weighted by Gasteiger charge is -2.00. The predicted octanol–water partition coefficient (Wildman–Crippen LogP) is 4.00. The highest BCUT2D eigenvalue weighted by atomic mass is 32.1. The summed E-state index contributed by atoms with van der Waals surface area (Å²) in [5.74, 6) is -3.49. The number of nitrogens with zero attached hydrogens (tertiary/aromatic N) is 4. The molecular formula is C13H5F3N4S2. The third kappa shape index (κ3) is 1.93. The van der Waals surface area contributed by atoms with E-state index in [1.54, 1.807) is 0 Å². The van der Waals surface area contributed by atoms with E-state index in [1.165, 1.54) is 15.9 Å². The summed E-state index contributed by atoms with van der Waals surface area (Å²) in [6.45, 7) is 0. The molecule has 0 spiro atoms. The second-order valence-electron chi connectivity index (χ2n) is 4.36. The Bertz CT molecular complexity index is 975. The zero-order valence-electron chi connectivity index (χ0n) is 10.6. The average molecular weight is 338 g/mol. The molecule has 0 saturated heterocycles. The van der Waals surface area contributed by atoms with Crippen molar-refractivity contribution in [3.8, 4) is 22.0 Å². The first-order valence-electron chi connectivity index (χ1n) is 6.04. The van der Waals surface area contributed by atoms with E-state index in [0.717, 1.165) is 29.0 Å². The van der Waals surface area contributed by atoms with Crippen LogP contribution in [0.15, 0.2) is 29.0 Å². The lowest BCUT2D eigenvalue weighted by Crippen LogP contribution is -1.95. The summed E-state index contributed by atoms with van der Waals surface area (Å²) < 4.78 is 41.7. The number of halogens is 3. The van der Waals surface area contributed by atoms with Gasteiger partial charge in [-0.2, -0.15) is 21.0 Å². The Morgan fingerprint density at radius 3 is 2.64 bits per heavy atom. The van der Waals surface area contributed by atoms with E-state index in [0.29, 0.717) is 10.8 Å². The lowest BCUT2D eigenvalue weighted by atomic mass is 10.2. The summed E-state index contributed by atoms with van der Waals surface area (Å²) in [6.07, 6.45) is 0. The van der Waals surface area contributed by atoms with Crippen LogP contribution in [0.3, 0.4) is 0 Å². The largest absolute Gasteiger partial charge is 0.235 e. The fourth-order valence-corrected chi connectivity index (χ4v) is 3.48. The zero-order chi connectivity index (χ0) is 15.3. The molecule has 1 aromatic carbocycles. The van der Waals surface area contributed by atoms with Gasteiger partial charge < -0.3 is 0 Å². The van der Waals surface area contributed by atoms with Crippen LogP contribution in [0.4, 0.5) is 13.2 Å². The van der Waals surface area contributed by atoms with Gasteiger partial charge in [0.2, 0.25) is 4.96 Å². The molecule has 22 heavy (non-hydrogen) atoms. The predicted molar refractivity (Wildman–Crippen MR) is 77.3 cm³/mol. The Balaban J connectivity index is 1.89. The lowest BCUT2D eigenvalue weighted by molar-refractivity contribution is 0.449. The summed E-state index contributed by atoms with van der Waals surface area (Å²) in [5.41, 5.74) is 0.728. The maximum atomic E-state index is 13.9. The average Bonchev–Trinajstić information content (AvgIpc) is 3.20. The Kier molecular flexibility index (Phi) is 2.98. The molecule has 0 fully saturated rings. The van der Waals surface area contributed by atoms with Crippen molar-refractivity contribution in [3.05, 3.63) is 46.4 Å². The monoisotopic (exact) mass is 338 g/mol. The number of rotatable bonds is 2. The van der Waals surface area contributed by atoms with Crippen molar-refractivity contribution in [2.45, 2.75) is 0 Å². The highest BCUT2D eigenvalue weighted by Crippen LogP contribution is 2.31. The number of benzene rings is 1. The number of fused-ring (bicyclic) bond motifs is 1. The first-order chi connectivity index (χ1) is 10.6. The summed E-state index contributed by atoms with van der Waals surface area (Å²) in [6, 6.07) is 3.89. The molecule has 0 aliphatic heterocycles. The van der Waals surface area contributed by atoms with E-state index in [4.69, 9.17) is 0 Å². The van der Waals surface area contributed by atoms with Crippen LogP contribution in [-0.4, -0.2) is 19.8 Å². The Labute approximate surface area is 129 Å². The van der Waals surface area contributed by atoms with E-state index in [2.05, 4.69) is 15.3 Å². The summed E-state index contributed by atoms with van der Waals surface area (Å²) in [5, 5.41) is 16.2. The van der Waals surface area contributed by atoms with Crippen LogP contribution < -0.4 is 0 Å². The van der Waals surface area contributed by atoms with Crippen molar-refractivity contribution in [3.63, 3.8) is 0 Å². The molecule has 3 heterocycles. The molecule has 4 aromatic rings. The zero-order valence-corrected chi connectivity index (χ0v) is 12.3. The van der Waals surface area contributed by atoms with Crippen molar-refractivity contribution < 1.29 is 13.2 Å². The smallest absolute Gasteiger partial charge is 0.204 e. The van der Waals surface area contributed by atoms with Gasteiger partial charge in [-0.1, -0.05) is 11.3 Å². The highest BCUT2D eigenvalue weighted by Gasteiger charge is 2.20. The van der Waals surface area contributed by atoms with Gasteiger partial charge in [-0.25, -0.2) is 13.2 Å². The minimum Gasteiger partial charge on any atom is -0.204 e. The Morgan fingerprint density at radius 2 is 1.86 bits per heavy atom. The molecule has 4 nitrogen and oxygen atoms in total. The maximum absolute atomic E-state index is 13.9. The summed E-state index contributed by atoms with van der Waals surface area (Å²) in [4.78, 5) is 0.445. The van der Waals surface area contributed by atoms with Crippen LogP contribution in [0, 0.1) is 17.5 Å². The normalized spacial score (nSPS) is 11.4. The quantitative estimate of drug-likeness (QED) is 0.519. The van der Waals surface area contributed by atoms with Gasteiger partial charge in [0, 0.05) is 10.9 Å². The van der Waals surface area contributed by atoms with Crippen LogP contribution in [0.25, 0.3) is 26.9 Å². The molecule has 0 unspecified atom stereocenters. The minimum atomic E-state index is -1.51. The van der Waals surface area contributed by atoms with Crippen molar-refractivity contribution in [1.29, 1.82) is 0 Å². The van der Waals surface area contributed by atoms with E-state index in [9.17, 15) is 13.2 Å².